The van der Waals surface area contributed by atoms with Crippen LogP contribution in [0.25, 0.3) is 11.3 Å². The summed E-state index contributed by atoms with van der Waals surface area (Å²) in [4.78, 5) is 29.9. The molecule has 1 aromatic carbocycles. The topological polar surface area (TPSA) is 93.3 Å². The van der Waals surface area contributed by atoms with Gasteiger partial charge in [-0.3, -0.25) is 9.59 Å². The quantitative estimate of drug-likeness (QED) is 0.759. The van der Waals surface area contributed by atoms with Gasteiger partial charge in [-0.2, -0.15) is 5.10 Å². The Bertz CT molecular complexity index is 931. The molecule has 8 heteroatoms. The van der Waals surface area contributed by atoms with E-state index in [1.807, 2.05) is 20.2 Å². The third-order valence-corrected chi connectivity index (χ3v) is 3.53. The van der Waals surface area contributed by atoms with Crippen LogP contribution in [0.5, 0.6) is 0 Å². The summed E-state index contributed by atoms with van der Waals surface area (Å²) < 4.78 is 6.35. The van der Waals surface area contributed by atoms with Crippen molar-refractivity contribution in [2.24, 2.45) is 0 Å². The fourth-order valence-corrected chi connectivity index (χ4v) is 2.23. The molecule has 2 aromatic heterocycles. The lowest BCUT2D eigenvalue weighted by Crippen LogP contribution is -2.30. The SMILES string of the molecule is CN(C)c1cnn(CC(=O)Nc2cccc(-c3cnco3)c2)c(=O)c1. The van der Waals surface area contributed by atoms with Gasteiger partial charge < -0.3 is 14.6 Å². The van der Waals surface area contributed by atoms with Crippen molar-refractivity contribution in [3.8, 4) is 11.3 Å². The van der Waals surface area contributed by atoms with E-state index in [2.05, 4.69) is 15.4 Å². The molecule has 0 unspecified atom stereocenters. The van der Waals surface area contributed by atoms with E-state index < -0.39 is 0 Å². The van der Waals surface area contributed by atoms with Crippen molar-refractivity contribution in [3.63, 3.8) is 0 Å². The highest BCUT2D eigenvalue weighted by Crippen LogP contribution is 2.21. The highest BCUT2D eigenvalue weighted by atomic mass is 16.3. The molecule has 3 rings (SSSR count). The zero-order valence-corrected chi connectivity index (χ0v) is 13.8. The number of aromatic nitrogens is 3. The molecule has 0 fully saturated rings. The van der Waals surface area contributed by atoms with Gasteiger partial charge in [-0.05, 0) is 12.1 Å². The van der Waals surface area contributed by atoms with Crippen molar-refractivity contribution in [1.82, 2.24) is 14.8 Å². The lowest BCUT2D eigenvalue weighted by molar-refractivity contribution is -0.117. The van der Waals surface area contributed by atoms with E-state index in [9.17, 15) is 9.59 Å². The Labute approximate surface area is 143 Å². The molecule has 0 saturated carbocycles. The van der Waals surface area contributed by atoms with Crippen LogP contribution in [0, 0.1) is 0 Å². The van der Waals surface area contributed by atoms with E-state index >= 15 is 0 Å². The second-order valence-corrected chi connectivity index (χ2v) is 5.60. The predicted octanol–water partition coefficient (Wildman–Crippen LogP) is 1.60. The number of nitrogens with zero attached hydrogens (tertiary/aromatic N) is 4. The molecule has 0 bridgehead atoms. The van der Waals surface area contributed by atoms with Crippen LogP contribution in [0.15, 0.2) is 58.3 Å². The molecule has 8 nitrogen and oxygen atoms in total. The third-order valence-electron chi connectivity index (χ3n) is 3.53. The number of carbonyl (C=O) groups excluding carboxylic acids is 1. The van der Waals surface area contributed by atoms with Crippen molar-refractivity contribution in [3.05, 3.63) is 59.5 Å². The van der Waals surface area contributed by atoms with E-state index in [1.165, 1.54) is 12.5 Å². The molecule has 0 aliphatic rings. The minimum absolute atomic E-state index is 0.168. The monoisotopic (exact) mass is 339 g/mol. The molecular formula is C17H17N5O3. The molecular weight excluding hydrogens is 322 g/mol. The summed E-state index contributed by atoms with van der Waals surface area (Å²) in [6.45, 7) is -0.168. The normalized spacial score (nSPS) is 10.5. The Morgan fingerprint density at radius 1 is 1.28 bits per heavy atom. The first-order valence-electron chi connectivity index (χ1n) is 7.56. The fraction of sp³-hybridized carbons (Fsp3) is 0.176. The minimum Gasteiger partial charge on any atom is -0.444 e. The summed E-state index contributed by atoms with van der Waals surface area (Å²) in [6, 6.07) is 8.60. The molecule has 0 atom stereocenters. The molecule has 0 spiro atoms. The van der Waals surface area contributed by atoms with E-state index in [4.69, 9.17) is 4.42 Å². The first-order chi connectivity index (χ1) is 12.0. The van der Waals surface area contributed by atoms with Crippen LogP contribution in [0.3, 0.4) is 0 Å². The second kappa shape index (κ2) is 7.00. The molecule has 25 heavy (non-hydrogen) atoms. The molecule has 3 aromatic rings. The number of nitrogens with one attached hydrogen (secondary N) is 1. The van der Waals surface area contributed by atoms with E-state index in [0.29, 0.717) is 17.1 Å². The van der Waals surface area contributed by atoms with Gasteiger partial charge >= 0.3 is 0 Å². The summed E-state index contributed by atoms with van der Waals surface area (Å²) in [5, 5.41) is 6.76. The van der Waals surface area contributed by atoms with Crippen LogP contribution >= 0.6 is 0 Å². The molecule has 1 N–H and O–H groups in total. The maximum Gasteiger partial charge on any atom is 0.269 e. The Hall–Kier alpha value is -3.42. The first kappa shape index (κ1) is 16.4. The smallest absolute Gasteiger partial charge is 0.269 e. The summed E-state index contributed by atoms with van der Waals surface area (Å²) in [5.74, 6) is 0.259. The molecule has 0 aliphatic carbocycles. The van der Waals surface area contributed by atoms with Crippen molar-refractivity contribution in [1.29, 1.82) is 0 Å². The van der Waals surface area contributed by atoms with Gasteiger partial charge in [-0.15, -0.1) is 0 Å². The van der Waals surface area contributed by atoms with Crippen LogP contribution in [0.1, 0.15) is 0 Å². The van der Waals surface area contributed by atoms with E-state index in [-0.39, 0.29) is 18.0 Å². The maximum atomic E-state index is 12.2. The van der Waals surface area contributed by atoms with Gasteiger partial charge in [-0.25, -0.2) is 9.67 Å². The van der Waals surface area contributed by atoms with Gasteiger partial charge in [0.15, 0.2) is 12.2 Å². The van der Waals surface area contributed by atoms with Gasteiger partial charge in [-0.1, -0.05) is 12.1 Å². The maximum absolute atomic E-state index is 12.2. The highest BCUT2D eigenvalue weighted by Gasteiger charge is 2.09. The number of benzene rings is 1. The standard InChI is InChI=1S/C17H17N5O3/c1-21(2)14-7-17(24)22(19-8-14)10-16(23)20-13-5-3-4-12(6-13)15-9-18-11-25-15/h3-9,11H,10H2,1-2H3,(H,20,23). The summed E-state index contributed by atoms with van der Waals surface area (Å²) in [5.41, 5.74) is 1.73. The lowest BCUT2D eigenvalue weighted by atomic mass is 10.1. The summed E-state index contributed by atoms with van der Waals surface area (Å²) in [7, 11) is 3.63. The molecule has 0 saturated heterocycles. The zero-order chi connectivity index (χ0) is 17.8. The lowest BCUT2D eigenvalue weighted by Gasteiger charge is -2.12. The van der Waals surface area contributed by atoms with E-state index in [1.54, 1.807) is 35.5 Å². The van der Waals surface area contributed by atoms with Crippen molar-refractivity contribution < 1.29 is 9.21 Å². The number of hydrogen-bond donors (Lipinski definition) is 1. The van der Waals surface area contributed by atoms with Crippen molar-refractivity contribution in [2.45, 2.75) is 6.54 Å². The Morgan fingerprint density at radius 3 is 2.80 bits per heavy atom. The van der Waals surface area contributed by atoms with Gasteiger partial charge in [0.2, 0.25) is 5.91 Å². The summed E-state index contributed by atoms with van der Waals surface area (Å²) in [6.07, 6.45) is 4.48. The number of rotatable bonds is 5. The Kier molecular flexibility index (Phi) is 4.60. The van der Waals surface area contributed by atoms with Crippen LogP contribution in [0.2, 0.25) is 0 Å². The third kappa shape index (κ3) is 3.92. The number of hydrogen-bond acceptors (Lipinski definition) is 6. The molecule has 0 aliphatic heterocycles. The molecule has 128 valence electrons. The zero-order valence-electron chi connectivity index (χ0n) is 13.8. The number of anilines is 2. The van der Waals surface area contributed by atoms with Gasteiger partial charge in [0.25, 0.3) is 5.56 Å². The molecule has 0 radical (unpaired) electrons. The van der Waals surface area contributed by atoms with Crippen LogP contribution < -0.4 is 15.8 Å². The Morgan fingerprint density at radius 2 is 2.12 bits per heavy atom. The first-order valence-corrected chi connectivity index (χ1v) is 7.56. The second-order valence-electron chi connectivity index (χ2n) is 5.60. The van der Waals surface area contributed by atoms with Gasteiger partial charge in [0.05, 0.1) is 18.1 Å². The predicted molar refractivity (Wildman–Crippen MR) is 93.4 cm³/mol. The number of oxazole rings is 1. The highest BCUT2D eigenvalue weighted by molar-refractivity contribution is 5.91. The van der Waals surface area contributed by atoms with Crippen LogP contribution in [0.4, 0.5) is 11.4 Å². The number of amides is 1. The van der Waals surface area contributed by atoms with E-state index in [0.717, 1.165) is 10.2 Å². The average molecular weight is 339 g/mol. The molecule has 1 amide bonds. The van der Waals surface area contributed by atoms with Crippen LogP contribution in [-0.4, -0.2) is 34.8 Å². The van der Waals surface area contributed by atoms with Crippen LogP contribution in [-0.2, 0) is 11.3 Å². The Balaban J connectivity index is 1.71. The molecule has 2 heterocycles. The fourth-order valence-electron chi connectivity index (χ4n) is 2.23. The largest absolute Gasteiger partial charge is 0.444 e. The van der Waals surface area contributed by atoms with Gasteiger partial charge in [0.1, 0.15) is 6.54 Å². The van der Waals surface area contributed by atoms with Gasteiger partial charge in [0, 0.05) is 31.4 Å². The average Bonchev–Trinajstić information content (AvgIpc) is 3.11. The number of carbonyl (C=O) groups is 1. The summed E-state index contributed by atoms with van der Waals surface area (Å²) >= 11 is 0. The van der Waals surface area contributed by atoms with Crippen molar-refractivity contribution in [2.75, 3.05) is 24.3 Å². The van der Waals surface area contributed by atoms with Crippen molar-refractivity contribution >= 4 is 17.3 Å². The minimum atomic E-state index is -0.345.